The van der Waals surface area contributed by atoms with Gasteiger partial charge in [-0.1, -0.05) is 23.4 Å². The molecule has 1 saturated heterocycles. The standard InChI is InChI=1S/C19H21N5O/c25-19(9-14-10-20-17-4-2-1-3-16(14)17)23-8-7-15(11-23)24-12-18(21-22-24)13-5-6-13/h1-4,10,12-13,15,20H,5-9,11H2. The number of aromatic nitrogens is 4. The van der Waals surface area contributed by atoms with E-state index in [1.165, 1.54) is 12.8 Å². The number of nitrogens with one attached hydrogen (secondary N) is 1. The van der Waals surface area contributed by atoms with Crippen molar-refractivity contribution in [3.8, 4) is 0 Å². The molecule has 1 atom stereocenters. The molecular weight excluding hydrogens is 314 g/mol. The number of para-hydroxylation sites is 1. The highest BCUT2D eigenvalue weighted by Crippen LogP contribution is 2.39. The fourth-order valence-electron chi connectivity index (χ4n) is 3.77. The summed E-state index contributed by atoms with van der Waals surface area (Å²) in [5, 5.41) is 9.72. The van der Waals surface area contributed by atoms with Gasteiger partial charge in [-0.3, -0.25) is 4.79 Å². The average molecular weight is 335 g/mol. The van der Waals surface area contributed by atoms with Crippen LogP contribution in [0.15, 0.2) is 36.7 Å². The number of likely N-dealkylation sites (tertiary alicyclic amines) is 1. The minimum absolute atomic E-state index is 0.190. The van der Waals surface area contributed by atoms with E-state index in [1.54, 1.807) is 0 Å². The number of amides is 1. The Kier molecular flexibility index (Phi) is 3.36. The second kappa shape index (κ2) is 5.72. The number of hydrogen-bond acceptors (Lipinski definition) is 3. The molecule has 0 radical (unpaired) electrons. The lowest BCUT2D eigenvalue weighted by molar-refractivity contribution is -0.129. The van der Waals surface area contributed by atoms with Gasteiger partial charge in [0.05, 0.1) is 18.2 Å². The summed E-state index contributed by atoms with van der Waals surface area (Å²) < 4.78 is 1.96. The second-order valence-electron chi connectivity index (χ2n) is 7.22. The number of aromatic amines is 1. The van der Waals surface area contributed by atoms with Gasteiger partial charge in [0.15, 0.2) is 0 Å². The molecule has 6 heteroatoms. The first-order valence-electron chi connectivity index (χ1n) is 9.02. The van der Waals surface area contributed by atoms with Crippen LogP contribution in [0.4, 0.5) is 0 Å². The van der Waals surface area contributed by atoms with Gasteiger partial charge < -0.3 is 9.88 Å². The van der Waals surface area contributed by atoms with Crippen molar-refractivity contribution < 1.29 is 4.79 Å². The Balaban J connectivity index is 1.26. The monoisotopic (exact) mass is 335 g/mol. The first-order chi connectivity index (χ1) is 12.3. The summed E-state index contributed by atoms with van der Waals surface area (Å²) in [6, 6.07) is 8.38. The largest absolute Gasteiger partial charge is 0.361 e. The van der Waals surface area contributed by atoms with Gasteiger partial charge in [-0.15, -0.1) is 5.10 Å². The maximum absolute atomic E-state index is 12.7. The molecule has 2 aromatic heterocycles. The van der Waals surface area contributed by atoms with Crippen molar-refractivity contribution in [1.29, 1.82) is 0 Å². The van der Waals surface area contributed by atoms with Gasteiger partial charge in [0.25, 0.3) is 0 Å². The molecule has 0 spiro atoms. The van der Waals surface area contributed by atoms with Crippen LogP contribution in [0.25, 0.3) is 10.9 Å². The summed E-state index contributed by atoms with van der Waals surface area (Å²) in [4.78, 5) is 17.9. The highest BCUT2D eigenvalue weighted by Gasteiger charge is 2.31. The minimum atomic E-state index is 0.190. The van der Waals surface area contributed by atoms with Crippen molar-refractivity contribution in [2.75, 3.05) is 13.1 Å². The van der Waals surface area contributed by atoms with Crippen molar-refractivity contribution in [3.05, 3.63) is 47.9 Å². The predicted molar refractivity (Wildman–Crippen MR) is 94.2 cm³/mol. The summed E-state index contributed by atoms with van der Waals surface area (Å²) in [7, 11) is 0. The topological polar surface area (TPSA) is 66.8 Å². The molecule has 5 rings (SSSR count). The molecule has 1 amide bonds. The molecule has 1 aliphatic heterocycles. The van der Waals surface area contributed by atoms with Gasteiger partial charge in [0.1, 0.15) is 0 Å². The number of carbonyl (C=O) groups is 1. The number of H-pyrrole nitrogens is 1. The van der Waals surface area contributed by atoms with Crippen molar-refractivity contribution in [2.45, 2.75) is 37.6 Å². The maximum Gasteiger partial charge on any atom is 0.227 e. The summed E-state index contributed by atoms with van der Waals surface area (Å²) in [5.74, 6) is 0.810. The highest BCUT2D eigenvalue weighted by atomic mass is 16.2. The number of carbonyl (C=O) groups excluding carboxylic acids is 1. The zero-order valence-corrected chi connectivity index (χ0v) is 14.1. The van der Waals surface area contributed by atoms with Crippen molar-refractivity contribution >= 4 is 16.8 Å². The summed E-state index contributed by atoms with van der Waals surface area (Å²) in [6.07, 6.45) is 7.90. The van der Waals surface area contributed by atoms with Crippen LogP contribution in [-0.4, -0.2) is 43.9 Å². The molecule has 25 heavy (non-hydrogen) atoms. The van der Waals surface area contributed by atoms with E-state index in [9.17, 15) is 4.79 Å². The van der Waals surface area contributed by atoms with Crippen molar-refractivity contribution in [2.24, 2.45) is 0 Å². The Labute approximate surface area is 145 Å². The molecule has 1 aromatic carbocycles. The normalized spacial score (nSPS) is 20.5. The predicted octanol–water partition coefficient (Wildman–Crippen LogP) is 2.65. The number of nitrogens with zero attached hydrogens (tertiary/aromatic N) is 4. The summed E-state index contributed by atoms with van der Waals surface area (Å²) >= 11 is 0. The SMILES string of the molecule is O=C(Cc1c[nH]c2ccccc12)N1CCC(n2cc(C3CC3)nn2)C1. The third-order valence-corrected chi connectivity index (χ3v) is 5.43. The lowest BCUT2D eigenvalue weighted by Gasteiger charge is -2.16. The van der Waals surface area contributed by atoms with Gasteiger partial charge >= 0.3 is 0 Å². The van der Waals surface area contributed by atoms with Crippen LogP contribution in [0, 0.1) is 0 Å². The second-order valence-corrected chi connectivity index (χ2v) is 7.22. The van der Waals surface area contributed by atoms with Crippen molar-refractivity contribution in [3.63, 3.8) is 0 Å². The van der Waals surface area contributed by atoms with Gasteiger partial charge in [0.2, 0.25) is 5.91 Å². The van der Waals surface area contributed by atoms with Crippen LogP contribution in [0.5, 0.6) is 0 Å². The molecule has 128 valence electrons. The number of hydrogen-bond donors (Lipinski definition) is 1. The van der Waals surface area contributed by atoms with Crippen LogP contribution in [0.3, 0.4) is 0 Å². The van der Waals surface area contributed by atoms with E-state index in [0.717, 1.165) is 41.7 Å². The van der Waals surface area contributed by atoms with Gasteiger partial charge in [0, 0.05) is 42.3 Å². The lowest BCUT2D eigenvalue weighted by atomic mass is 10.1. The zero-order valence-electron chi connectivity index (χ0n) is 14.1. The van der Waals surface area contributed by atoms with Gasteiger partial charge in [-0.25, -0.2) is 4.68 Å². The molecule has 3 aromatic rings. The molecule has 6 nitrogen and oxygen atoms in total. The third-order valence-electron chi connectivity index (χ3n) is 5.43. The van der Waals surface area contributed by atoms with E-state index in [4.69, 9.17) is 0 Å². The number of fused-ring (bicyclic) bond motifs is 1. The van der Waals surface area contributed by atoms with E-state index in [2.05, 4.69) is 27.6 Å². The number of rotatable bonds is 4. The fourth-order valence-corrected chi connectivity index (χ4v) is 3.77. The number of benzene rings is 1. The maximum atomic E-state index is 12.7. The third kappa shape index (κ3) is 2.71. The lowest BCUT2D eigenvalue weighted by Crippen LogP contribution is -2.30. The molecule has 2 fully saturated rings. The Morgan fingerprint density at radius 1 is 1.24 bits per heavy atom. The Morgan fingerprint density at radius 3 is 3.00 bits per heavy atom. The van der Waals surface area contributed by atoms with E-state index in [0.29, 0.717) is 12.3 Å². The van der Waals surface area contributed by atoms with E-state index >= 15 is 0 Å². The average Bonchev–Trinajstić information content (AvgIpc) is 3.04. The van der Waals surface area contributed by atoms with Gasteiger partial charge in [-0.2, -0.15) is 0 Å². The summed E-state index contributed by atoms with van der Waals surface area (Å²) in [6.45, 7) is 1.53. The Bertz CT molecular complexity index is 923. The molecule has 1 saturated carbocycles. The quantitative estimate of drug-likeness (QED) is 0.797. The van der Waals surface area contributed by atoms with E-state index in [1.807, 2.05) is 34.0 Å². The van der Waals surface area contributed by atoms with E-state index in [-0.39, 0.29) is 11.9 Å². The smallest absolute Gasteiger partial charge is 0.227 e. The molecule has 2 aliphatic rings. The van der Waals surface area contributed by atoms with Crippen LogP contribution >= 0.6 is 0 Å². The fraction of sp³-hybridized carbons (Fsp3) is 0.421. The Morgan fingerprint density at radius 2 is 2.12 bits per heavy atom. The minimum Gasteiger partial charge on any atom is -0.361 e. The molecular formula is C19H21N5O. The molecule has 1 N–H and O–H groups in total. The molecule has 1 unspecified atom stereocenters. The zero-order chi connectivity index (χ0) is 16.8. The first-order valence-corrected chi connectivity index (χ1v) is 9.02. The van der Waals surface area contributed by atoms with Gasteiger partial charge in [-0.05, 0) is 30.9 Å². The first kappa shape index (κ1) is 14.7. The van der Waals surface area contributed by atoms with Crippen molar-refractivity contribution in [1.82, 2.24) is 24.9 Å². The Hall–Kier alpha value is -2.63. The molecule has 1 aliphatic carbocycles. The molecule has 3 heterocycles. The summed E-state index contributed by atoms with van der Waals surface area (Å²) in [5.41, 5.74) is 3.27. The van der Waals surface area contributed by atoms with Crippen LogP contribution in [0.1, 0.15) is 42.5 Å². The van der Waals surface area contributed by atoms with E-state index < -0.39 is 0 Å². The highest BCUT2D eigenvalue weighted by molar-refractivity contribution is 5.89. The molecule has 0 bridgehead atoms. The van der Waals surface area contributed by atoms with Crippen LogP contribution in [-0.2, 0) is 11.2 Å². The van der Waals surface area contributed by atoms with Crippen LogP contribution in [0.2, 0.25) is 0 Å². The van der Waals surface area contributed by atoms with Crippen LogP contribution < -0.4 is 0 Å².